The first-order valence-electron chi connectivity index (χ1n) is 7.30. The molecular formula is C15H15BrF6N2O3. The number of alkyl halides is 6. The van der Waals surface area contributed by atoms with E-state index in [9.17, 15) is 26.3 Å². The van der Waals surface area contributed by atoms with E-state index in [-0.39, 0.29) is 11.8 Å². The molecule has 2 N–H and O–H groups in total. The van der Waals surface area contributed by atoms with Crippen LogP contribution in [0.2, 0.25) is 0 Å². The molecule has 1 heterocycles. The molecule has 1 aliphatic rings. The third kappa shape index (κ3) is 7.67. The zero-order valence-electron chi connectivity index (χ0n) is 13.6. The number of halogens is 7. The summed E-state index contributed by atoms with van der Waals surface area (Å²) in [4.78, 5) is 11.0. The second-order valence-electron chi connectivity index (χ2n) is 5.16. The molecule has 0 radical (unpaired) electrons. The first-order valence-corrected chi connectivity index (χ1v) is 8.09. The van der Waals surface area contributed by atoms with Crippen LogP contribution in [0.4, 0.5) is 32.0 Å². The summed E-state index contributed by atoms with van der Waals surface area (Å²) in [5, 5.41) is 10.4. The number of benzene rings is 1. The van der Waals surface area contributed by atoms with E-state index in [1.807, 2.05) is 6.08 Å². The van der Waals surface area contributed by atoms with Crippen molar-refractivity contribution in [3.63, 3.8) is 0 Å². The minimum Gasteiger partial charge on any atom is -0.475 e. The van der Waals surface area contributed by atoms with E-state index in [0.29, 0.717) is 4.47 Å². The number of hydrogen-bond donors (Lipinski definition) is 2. The Morgan fingerprint density at radius 3 is 2.37 bits per heavy atom. The smallest absolute Gasteiger partial charge is 0.475 e. The minimum atomic E-state index is -5.08. The number of carboxylic acid groups (broad SMARTS) is 1. The lowest BCUT2D eigenvalue weighted by Crippen LogP contribution is -2.50. The van der Waals surface area contributed by atoms with Crippen molar-refractivity contribution in [1.29, 1.82) is 0 Å². The Balaban J connectivity index is 0.000000445. The predicted octanol–water partition coefficient (Wildman–Crippen LogP) is 3.95. The van der Waals surface area contributed by atoms with E-state index < -0.39 is 18.5 Å². The summed E-state index contributed by atoms with van der Waals surface area (Å²) >= 11 is 3.30. The van der Waals surface area contributed by atoms with Crippen LogP contribution < -0.4 is 15.0 Å². The van der Waals surface area contributed by atoms with Gasteiger partial charge in [0, 0.05) is 24.1 Å². The Bertz CT molecular complexity index is 666. The fourth-order valence-electron chi connectivity index (χ4n) is 2.15. The highest BCUT2D eigenvalue weighted by molar-refractivity contribution is 9.10. The number of aliphatic carboxylic acids is 1. The molecule has 1 atom stereocenters. The van der Waals surface area contributed by atoms with E-state index in [0.717, 1.165) is 25.3 Å². The number of nitrogens with one attached hydrogen (secondary N) is 1. The quantitative estimate of drug-likeness (QED) is 0.523. The van der Waals surface area contributed by atoms with Gasteiger partial charge in [-0.1, -0.05) is 6.08 Å². The summed E-state index contributed by atoms with van der Waals surface area (Å²) in [7, 11) is 0. The standard InChI is InChI=1S/C13H14BrF3N2O.C2HF3O2/c1-2-9-8-18-5-6-19(9)12-4-3-10(7-11(12)14)20-13(15,16)17;3-2(4,5)1(6)7/h2-4,7,9,18H,1,5-6,8H2;(H,6,7)/t9-;/m1./s1. The topological polar surface area (TPSA) is 61.8 Å². The summed E-state index contributed by atoms with van der Waals surface area (Å²) in [6.45, 7) is 6.12. The average molecular weight is 465 g/mol. The van der Waals surface area contributed by atoms with Gasteiger partial charge in [-0.15, -0.1) is 19.8 Å². The Morgan fingerprint density at radius 1 is 1.33 bits per heavy atom. The maximum atomic E-state index is 12.2. The van der Waals surface area contributed by atoms with Gasteiger partial charge in [0.25, 0.3) is 0 Å². The van der Waals surface area contributed by atoms with Gasteiger partial charge < -0.3 is 20.1 Å². The predicted molar refractivity (Wildman–Crippen MR) is 88.7 cm³/mol. The van der Waals surface area contributed by atoms with E-state index in [2.05, 4.69) is 37.5 Å². The highest BCUT2D eigenvalue weighted by Gasteiger charge is 2.38. The average Bonchev–Trinajstić information content (AvgIpc) is 2.53. The Kier molecular flexibility index (Phi) is 7.96. The SMILES string of the molecule is C=C[C@@H]1CNCCN1c1ccc(OC(F)(F)F)cc1Br.O=C(O)C(F)(F)F. The van der Waals surface area contributed by atoms with Gasteiger partial charge in [0.2, 0.25) is 0 Å². The number of nitrogens with zero attached hydrogens (tertiary/aromatic N) is 1. The zero-order valence-corrected chi connectivity index (χ0v) is 15.2. The van der Waals surface area contributed by atoms with Crippen molar-refractivity contribution in [1.82, 2.24) is 5.32 Å². The second-order valence-corrected chi connectivity index (χ2v) is 6.02. The third-order valence-corrected chi connectivity index (χ3v) is 3.90. The van der Waals surface area contributed by atoms with Crippen LogP contribution in [-0.4, -0.2) is 49.3 Å². The molecular weight excluding hydrogens is 450 g/mol. The van der Waals surface area contributed by atoms with Crippen LogP contribution in [0.15, 0.2) is 35.3 Å². The van der Waals surface area contributed by atoms with Crippen LogP contribution in [0.5, 0.6) is 5.75 Å². The minimum absolute atomic E-state index is 0.106. The fourth-order valence-corrected chi connectivity index (χ4v) is 2.74. The lowest BCUT2D eigenvalue weighted by Gasteiger charge is -2.37. The molecule has 152 valence electrons. The molecule has 1 saturated heterocycles. The van der Waals surface area contributed by atoms with Gasteiger partial charge in [-0.2, -0.15) is 13.2 Å². The molecule has 2 rings (SSSR count). The number of carbonyl (C=O) groups is 1. The molecule has 0 saturated carbocycles. The monoisotopic (exact) mass is 464 g/mol. The van der Waals surface area contributed by atoms with Crippen molar-refractivity contribution in [3.8, 4) is 5.75 Å². The van der Waals surface area contributed by atoms with Gasteiger partial charge in [-0.05, 0) is 34.1 Å². The van der Waals surface area contributed by atoms with Crippen LogP contribution >= 0.6 is 15.9 Å². The summed E-state index contributed by atoms with van der Waals surface area (Å²) in [6, 6.07) is 4.36. The molecule has 0 spiro atoms. The van der Waals surface area contributed by atoms with Gasteiger partial charge >= 0.3 is 18.5 Å². The van der Waals surface area contributed by atoms with Crippen LogP contribution in [-0.2, 0) is 4.79 Å². The highest BCUT2D eigenvalue weighted by Crippen LogP contribution is 2.34. The van der Waals surface area contributed by atoms with Gasteiger partial charge in [0.15, 0.2) is 0 Å². The lowest BCUT2D eigenvalue weighted by molar-refractivity contribution is -0.274. The van der Waals surface area contributed by atoms with Crippen molar-refractivity contribution < 1.29 is 41.0 Å². The van der Waals surface area contributed by atoms with Gasteiger partial charge in [-0.3, -0.25) is 0 Å². The van der Waals surface area contributed by atoms with Gasteiger partial charge in [-0.25, -0.2) is 4.79 Å². The van der Waals surface area contributed by atoms with Crippen LogP contribution in [0.1, 0.15) is 0 Å². The third-order valence-electron chi connectivity index (χ3n) is 3.26. The van der Waals surface area contributed by atoms with Crippen LogP contribution in [0.3, 0.4) is 0 Å². The van der Waals surface area contributed by atoms with Crippen LogP contribution in [0.25, 0.3) is 0 Å². The van der Waals surface area contributed by atoms with E-state index in [1.54, 1.807) is 6.07 Å². The summed E-state index contributed by atoms with van der Waals surface area (Å²) < 4.78 is 72.7. The molecule has 27 heavy (non-hydrogen) atoms. The highest BCUT2D eigenvalue weighted by atomic mass is 79.9. The molecule has 0 aliphatic carbocycles. The zero-order chi connectivity index (χ0) is 20.8. The summed E-state index contributed by atoms with van der Waals surface area (Å²) in [5.41, 5.74) is 0.825. The number of hydrogen-bond acceptors (Lipinski definition) is 4. The number of carboxylic acids is 1. The largest absolute Gasteiger partial charge is 0.573 e. The van der Waals surface area contributed by atoms with E-state index in [4.69, 9.17) is 9.90 Å². The number of anilines is 1. The Morgan fingerprint density at radius 2 is 1.93 bits per heavy atom. The van der Waals surface area contributed by atoms with Crippen molar-refractivity contribution in [2.24, 2.45) is 0 Å². The molecule has 1 aromatic carbocycles. The molecule has 1 aliphatic heterocycles. The maximum absolute atomic E-state index is 12.2. The van der Waals surface area contributed by atoms with Crippen molar-refractivity contribution in [2.45, 2.75) is 18.6 Å². The molecule has 1 fully saturated rings. The normalized spacial score (nSPS) is 17.6. The summed E-state index contributed by atoms with van der Waals surface area (Å²) in [6.07, 6.45) is -7.95. The number of ether oxygens (including phenoxy) is 1. The van der Waals surface area contributed by atoms with Crippen molar-refractivity contribution in [3.05, 3.63) is 35.3 Å². The second kappa shape index (κ2) is 9.31. The Hall–Kier alpha value is -1.95. The van der Waals surface area contributed by atoms with Crippen molar-refractivity contribution >= 4 is 27.6 Å². The molecule has 5 nitrogen and oxygen atoms in total. The van der Waals surface area contributed by atoms with Gasteiger partial charge in [0.1, 0.15) is 5.75 Å². The Labute approximate surface area is 158 Å². The summed E-state index contributed by atoms with van der Waals surface area (Å²) in [5.74, 6) is -2.99. The first-order chi connectivity index (χ1) is 12.3. The molecule has 12 heteroatoms. The van der Waals surface area contributed by atoms with Gasteiger partial charge in [0.05, 0.1) is 11.7 Å². The maximum Gasteiger partial charge on any atom is 0.573 e. The van der Waals surface area contributed by atoms with Crippen LogP contribution in [0, 0.1) is 0 Å². The molecule has 1 aromatic rings. The number of piperazine rings is 1. The van der Waals surface area contributed by atoms with E-state index in [1.165, 1.54) is 12.1 Å². The first kappa shape index (κ1) is 23.1. The molecule has 0 bridgehead atoms. The molecule has 0 unspecified atom stereocenters. The van der Waals surface area contributed by atoms with E-state index >= 15 is 0 Å². The molecule has 0 amide bonds. The fraction of sp³-hybridized carbons (Fsp3) is 0.400. The molecule has 0 aromatic heterocycles. The number of rotatable bonds is 3. The van der Waals surface area contributed by atoms with Crippen molar-refractivity contribution in [2.75, 3.05) is 24.5 Å². The lowest BCUT2D eigenvalue weighted by atomic mass is 10.1.